The molecular weight excluding hydrogens is 561 g/mol. The van der Waals surface area contributed by atoms with E-state index in [1.165, 1.54) is 87.7 Å². The third-order valence-electron chi connectivity index (χ3n) is 10.7. The summed E-state index contributed by atoms with van der Waals surface area (Å²) in [5.74, 6) is 0. The Morgan fingerprint density at radius 3 is 1.24 bits per heavy atom. The highest BCUT2D eigenvalue weighted by Crippen LogP contribution is 2.52. The maximum absolute atomic E-state index is 4.56. The summed E-state index contributed by atoms with van der Waals surface area (Å²) < 4.78 is 0. The van der Waals surface area contributed by atoms with Gasteiger partial charge in [-0.2, -0.15) is 0 Å². The molecule has 9 rings (SSSR count). The van der Waals surface area contributed by atoms with Crippen LogP contribution in [-0.2, 0) is 10.8 Å². The number of rotatable bonds is 2. The topological polar surface area (TPSA) is 0 Å². The quantitative estimate of drug-likeness (QED) is 0.192. The zero-order valence-electron chi connectivity index (χ0n) is 26.2. The van der Waals surface area contributed by atoms with Crippen molar-refractivity contribution >= 4 is 17.3 Å². The van der Waals surface area contributed by atoms with E-state index in [2.05, 4.69) is 156 Å². The van der Waals surface area contributed by atoms with Gasteiger partial charge in [0, 0.05) is 20.6 Å². The summed E-state index contributed by atoms with van der Waals surface area (Å²) in [6, 6.07) is 45.6. The van der Waals surface area contributed by atoms with Gasteiger partial charge < -0.3 is 0 Å². The van der Waals surface area contributed by atoms with Gasteiger partial charge in [-0.1, -0.05) is 143 Å². The molecule has 0 saturated heterocycles. The van der Waals surface area contributed by atoms with Crippen LogP contribution in [0, 0.1) is 0 Å². The van der Waals surface area contributed by atoms with E-state index >= 15 is 0 Å². The highest BCUT2D eigenvalue weighted by molar-refractivity contribution is 7.99. The Balaban J connectivity index is 1.08. The predicted octanol–water partition coefficient (Wildman–Crippen LogP) is 12.2. The molecule has 2 aliphatic carbocycles. The molecule has 0 bridgehead atoms. The van der Waals surface area contributed by atoms with Crippen LogP contribution in [0.15, 0.2) is 138 Å². The molecule has 45 heavy (non-hydrogen) atoms. The molecular formula is C44H34S. The highest BCUT2D eigenvalue weighted by atomic mass is 32.2. The first-order valence-electron chi connectivity index (χ1n) is 15.9. The van der Waals surface area contributed by atoms with Gasteiger partial charge in [-0.15, -0.1) is 0 Å². The molecule has 3 aliphatic rings. The van der Waals surface area contributed by atoms with Crippen LogP contribution in [0.1, 0.15) is 61.1 Å². The first kappa shape index (κ1) is 26.8. The molecule has 6 aromatic rings. The lowest BCUT2D eigenvalue weighted by Crippen LogP contribution is -2.14. The molecule has 0 atom stereocenters. The van der Waals surface area contributed by atoms with Crippen molar-refractivity contribution in [3.05, 3.63) is 161 Å². The Hall–Kier alpha value is -4.59. The summed E-state index contributed by atoms with van der Waals surface area (Å²) in [5, 5.41) is 0. The summed E-state index contributed by atoms with van der Waals surface area (Å²) in [6.45, 7) is 13.9. The second-order valence-corrected chi connectivity index (χ2v) is 14.9. The highest BCUT2D eigenvalue weighted by Gasteiger charge is 2.36. The first-order valence-corrected chi connectivity index (χ1v) is 16.7. The summed E-state index contributed by atoms with van der Waals surface area (Å²) in [5.41, 5.74) is 19.7. The molecule has 1 aliphatic heterocycles. The van der Waals surface area contributed by atoms with Gasteiger partial charge in [-0.3, -0.25) is 0 Å². The van der Waals surface area contributed by atoms with Crippen LogP contribution in [0.25, 0.3) is 50.1 Å². The Labute approximate surface area is 270 Å². The first-order chi connectivity index (χ1) is 21.7. The van der Waals surface area contributed by atoms with E-state index in [-0.39, 0.29) is 10.8 Å². The van der Waals surface area contributed by atoms with Gasteiger partial charge in [0.05, 0.1) is 0 Å². The molecule has 1 heterocycles. The second-order valence-electron chi connectivity index (χ2n) is 13.9. The molecule has 0 amide bonds. The van der Waals surface area contributed by atoms with Crippen molar-refractivity contribution in [3.8, 4) is 44.5 Å². The predicted molar refractivity (Wildman–Crippen MR) is 191 cm³/mol. The molecule has 0 spiro atoms. The summed E-state index contributed by atoms with van der Waals surface area (Å²) in [4.78, 5) is 2.54. The fourth-order valence-corrected chi connectivity index (χ4v) is 9.35. The van der Waals surface area contributed by atoms with Crippen LogP contribution in [-0.4, -0.2) is 0 Å². The van der Waals surface area contributed by atoms with Crippen molar-refractivity contribution in [2.45, 2.75) is 48.3 Å². The summed E-state index contributed by atoms with van der Waals surface area (Å²) >= 11 is 1.87. The molecule has 0 saturated carbocycles. The Bertz CT molecular complexity index is 2100. The van der Waals surface area contributed by atoms with Crippen molar-refractivity contribution in [3.63, 3.8) is 0 Å². The van der Waals surface area contributed by atoms with Crippen LogP contribution < -0.4 is 0 Å². The van der Waals surface area contributed by atoms with Gasteiger partial charge in [-0.25, -0.2) is 0 Å². The number of fused-ring (bicyclic) bond motifs is 8. The maximum atomic E-state index is 4.56. The SMILES string of the molecule is C=C1c2ccc(-c3ccc4c(c3)-c3ccccc3C4(C)C)cc2Sc2cc(-c3ccc4c(c3)-c3ccccc3C4(C)C)ccc21. The van der Waals surface area contributed by atoms with Gasteiger partial charge in [0.2, 0.25) is 0 Å². The molecule has 0 nitrogen and oxygen atoms in total. The van der Waals surface area contributed by atoms with Crippen molar-refractivity contribution in [2.75, 3.05) is 0 Å². The number of hydrogen-bond acceptors (Lipinski definition) is 1. The lowest BCUT2D eigenvalue weighted by atomic mass is 9.82. The van der Waals surface area contributed by atoms with Crippen molar-refractivity contribution in [1.82, 2.24) is 0 Å². The normalized spacial score (nSPS) is 15.9. The van der Waals surface area contributed by atoms with E-state index < -0.39 is 0 Å². The average molecular weight is 595 g/mol. The van der Waals surface area contributed by atoms with E-state index in [4.69, 9.17) is 0 Å². The molecule has 216 valence electrons. The minimum Gasteiger partial charge on any atom is -0.0905 e. The summed E-state index contributed by atoms with van der Waals surface area (Å²) in [6.07, 6.45) is 0. The van der Waals surface area contributed by atoms with Crippen LogP contribution in [0.2, 0.25) is 0 Å². The number of benzene rings is 6. The standard InChI is InChI=1S/C44H34S/c1-26-31-18-14-29(27-16-20-39-35(22-27)33-10-6-8-12-37(33)43(39,2)3)24-41(31)45-42-25-30(15-19-32(26)42)28-17-21-40-36(23-28)34-11-7-9-13-38(34)44(40,4)5/h6-25H,1H2,2-5H3. The summed E-state index contributed by atoms with van der Waals surface area (Å²) in [7, 11) is 0. The Kier molecular flexibility index (Phi) is 5.49. The number of hydrogen-bond donors (Lipinski definition) is 0. The molecule has 0 radical (unpaired) electrons. The minimum atomic E-state index is 0.0216. The van der Waals surface area contributed by atoms with E-state index in [0.717, 1.165) is 5.57 Å². The monoisotopic (exact) mass is 594 g/mol. The third-order valence-corrected chi connectivity index (χ3v) is 11.8. The van der Waals surface area contributed by atoms with Crippen molar-refractivity contribution < 1.29 is 0 Å². The largest absolute Gasteiger partial charge is 0.0905 e. The maximum Gasteiger partial charge on any atom is 0.0207 e. The minimum absolute atomic E-state index is 0.0216. The van der Waals surface area contributed by atoms with E-state index in [1.807, 2.05) is 11.8 Å². The lowest BCUT2D eigenvalue weighted by molar-refractivity contribution is 0.660. The average Bonchev–Trinajstić information content (AvgIpc) is 3.43. The molecule has 6 aromatic carbocycles. The lowest BCUT2D eigenvalue weighted by Gasteiger charge is -2.23. The van der Waals surface area contributed by atoms with E-state index in [0.29, 0.717) is 0 Å². The third kappa shape index (κ3) is 3.74. The molecule has 0 aromatic heterocycles. The molecule has 0 fully saturated rings. The van der Waals surface area contributed by atoms with Crippen molar-refractivity contribution in [1.29, 1.82) is 0 Å². The van der Waals surface area contributed by atoms with Crippen molar-refractivity contribution in [2.24, 2.45) is 0 Å². The van der Waals surface area contributed by atoms with E-state index in [9.17, 15) is 0 Å². The molecule has 0 unspecified atom stereocenters. The van der Waals surface area contributed by atoms with Crippen LogP contribution in [0.4, 0.5) is 0 Å². The van der Waals surface area contributed by atoms with Gasteiger partial charge >= 0.3 is 0 Å². The van der Waals surface area contributed by atoms with Gasteiger partial charge in [-0.05, 0) is 108 Å². The second kappa shape index (κ2) is 9.22. The fourth-order valence-electron chi connectivity index (χ4n) is 8.13. The van der Waals surface area contributed by atoms with Crippen LogP contribution in [0.3, 0.4) is 0 Å². The molecule has 0 N–H and O–H groups in total. The van der Waals surface area contributed by atoms with E-state index in [1.54, 1.807) is 0 Å². The Morgan fingerprint density at radius 2 is 0.778 bits per heavy atom. The Morgan fingerprint density at radius 1 is 0.400 bits per heavy atom. The van der Waals surface area contributed by atoms with Gasteiger partial charge in [0.25, 0.3) is 0 Å². The fraction of sp³-hybridized carbons (Fsp3) is 0.136. The van der Waals surface area contributed by atoms with Crippen LogP contribution in [0.5, 0.6) is 0 Å². The molecule has 1 heteroatoms. The zero-order valence-corrected chi connectivity index (χ0v) is 27.0. The van der Waals surface area contributed by atoms with Gasteiger partial charge in [0.1, 0.15) is 0 Å². The van der Waals surface area contributed by atoms with Gasteiger partial charge in [0.15, 0.2) is 0 Å². The smallest absolute Gasteiger partial charge is 0.0207 e. The van der Waals surface area contributed by atoms with Crippen LogP contribution >= 0.6 is 11.8 Å². The zero-order chi connectivity index (χ0) is 30.7.